The topological polar surface area (TPSA) is 56.9 Å². The van der Waals surface area contributed by atoms with Gasteiger partial charge in [-0.25, -0.2) is 0 Å². The summed E-state index contributed by atoms with van der Waals surface area (Å²) < 4.78 is 0. The van der Waals surface area contributed by atoms with Crippen LogP contribution in [0.5, 0.6) is 0 Å². The third kappa shape index (κ3) is 2.49. The number of benzene rings is 2. The van der Waals surface area contributed by atoms with Gasteiger partial charge in [0.1, 0.15) is 5.69 Å². The smallest absolute Gasteiger partial charge is 0.268 e. The summed E-state index contributed by atoms with van der Waals surface area (Å²) in [6, 6.07) is 16.7. The fourth-order valence-electron chi connectivity index (χ4n) is 3.71. The van der Waals surface area contributed by atoms with E-state index >= 15 is 0 Å². The van der Waals surface area contributed by atoms with Crippen LogP contribution >= 0.6 is 0 Å². The van der Waals surface area contributed by atoms with E-state index in [0.717, 1.165) is 17.3 Å². The summed E-state index contributed by atoms with van der Waals surface area (Å²) >= 11 is 0. The Balaban J connectivity index is 1.57. The molecule has 0 radical (unpaired) electrons. The maximum Gasteiger partial charge on any atom is 0.268 e. The second-order valence-corrected chi connectivity index (χ2v) is 6.52. The lowest BCUT2D eigenvalue weighted by molar-refractivity contribution is 0.0926. The van der Waals surface area contributed by atoms with E-state index < -0.39 is 0 Å². The molecule has 4 heteroatoms. The minimum absolute atomic E-state index is 0.0538. The van der Waals surface area contributed by atoms with E-state index in [-0.39, 0.29) is 18.0 Å². The van der Waals surface area contributed by atoms with Gasteiger partial charge in [0.15, 0.2) is 0 Å². The van der Waals surface area contributed by atoms with Crippen LogP contribution in [-0.4, -0.2) is 24.0 Å². The molecule has 0 aliphatic heterocycles. The highest BCUT2D eigenvalue weighted by Crippen LogP contribution is 2.31. The number of H-pyrrole nitrogens is 1. The lowest BCUT2D eigenvalue weighted by atomic mass is 10.1. The van der Waals surface area contributed by atoms with Gasteiger partial charge < -0.3 is 15.6 Å². The maximum absolute atomic E-state index is 12.7. The first-order valence-corrected chi connectivity index (χ1v) is 8.31. The van der Waals surface area contributed by atoms with Crippen LogP contribution in [-0.2, 0) is 6.42 Å². The summed E-state index contributed by atoms with van der Waals surface area (Å²) in [5.74, 6) is -0.0538. The third-order valence-electron chi connectivity index (χ3n) is 4.88. The van der Waals surface area contributed by atoms with E-state index in [9.17, 15) is 4.79 Å². The number of amides is 1. The fraction of sp³-hybridized carbons (Fsp3) is 0.250. The van der Waals surface area contributed by atoms with E-state index in [2.05, 4.69) is 46.8 Å². The monoisotopic (exact) mass is 319 g/mol. The molecule has 1 aromatic heterocycles. The molecule has 4 rings (SSSR count). The van der Waals surface area contributed by atoms with Crippen molar-refractivity contribution in [2.45, 2.75) is 25.4 Å². The van der Waals surface area contributed by atoms with Crippen molar-refractivity contribution in [1.82, 2.24) is 15.6 Å². The molecule has 4 nitrogen and oxygen atoms in total. The van der Waals surface area contributed by atoms with Gasteiger partial charge in [0.25, 0.3) is 5.91 Å². The van der Waals surface area contributed by atoms with Gasteiger partial charge in [0.2, 0.25) is 0 Å². The van der Waals surface area contributed by atoms with Crippen molar-refractivity contribution < 1.29 is 4.79 Å². The Kier molecular flexibility index (Phi) is 3.62. The molecule has 0 fully saturated rings. The molecule has 1 aliphatic carbocycles. The molecule has 24 heavy (non-hydrogen) atoms. The Morgan fingerprint density at radius 1 is 1.17 bits per heavy atom. The number of rotatable bonds is 3. The van der Waals surface area contributed by atoms with Crippen molar-refractivity contribution in [3.63, 3.8) is 0 Å². The number of aromatic nitrogens is 1. The van der Waals surface area contributed by atoms with Gasteiger partial charge in [-0.1, -0.05) is 35.9 Å². The van der Waals surface area contributed by atoms with Crippen molar-refractivity contribution in [1.29, 1.82) is 0 Å². The molecule has 0 spiro atoms. The number of aromatic amines is 1. The molecule has 2 aromatic carbocycles. The van der Waals surface area contributed by atoms with E-state index in [0.29, 0.717) is 5.69 Å². The van der Waals surface area contributed by atoms with Crippen molar-refractivity contribution in [3.05, 3.63) is 70.9 Å². The third-order valence-corrected chi connectivity index (χ3v) is 4.88. The Morgan fingerprint density at radius 3 is 2.83 bits per heavy atom. The van der Waals surface area contributed by atoms with Crippen LogP contribution in [0.3, 0.4) is 0 Å². The highest BCUT2D eigenvalue weighted by atomic mass is 16.2. The van der Waals surface area contributed by atoms with Gasteiger partial charge >= 0.3 is 0 Å². The number of carbonyl (C=O) groups is 1. The number of nitrogens with one attached hydrogen (secondary N) is 3. The Morgan fingerprint density at radius 2 is 2.00 bits per heavy atom. The standard InChI is InChI=1S/C20H21N3O/c1-12-7-8-16-14(9-12)11-18(22-16)20(24)23-17-10-13-5-3-4-6-15(13)19(17)21-2/h3-9,11,17,19,21-22H,10H2,1-2H3,(H,23,24)/t17-,19+/m1/s1. The van der Waals surface area contributed by atoms with Crippen LogP contribution in [0, 0.1) is 6.92 Å². The quantitative estimate of drug-likeness (QED) is 0.695. The van der Waals surface area contributed by atoms with Gasteiger partial charge in [-0.2, -0.15) is 0 Å². The largest absolute Gasteiger partial charge is 0.351 e. The zero-order valence-corrected chi connectivity index (χ0v) is 13.9. The predicted molar refractivity (Wildman–Crippen MR) is 96.2 cm³/mol. The molecule has 0 unspecified atom stereocenters. The molecular formula is C20H21N3O. The van der Waals surface area contributed by atoms with Crippen molar-refractivity contribution >= 4 is 16.8 Å². The highest BCUT2D eigenvalue weighted by Gasteiger charge is 2.32. The molecule has 1 amide bonds. The number of likely N-dealkylation sites (N-methyl/N-ethyl adjacent to an activating group) is 1. The fourth-order valence-corrected chi connectivity index (χ4v) is 3.71. The number of aryl methyl sites for hydroxylation is 1. The molecule has 122 valence electrons. The van der Waals surface area contributed by atoms with Crippen LogP contribution in [0.2, 0.25) is 0 Å². The molecule has 1 heterocycles. The van der Waals surface area contributed by atoms with Crippen LogP contribution in [0.25, 0.3) is 10.9 Å². The van der Waals surface area contributed by atoms with Gasteiger partial charge in [-0.3, -0.25) is 4.79 Å². The SMILES string of the molecule is CN[C@H]1c2ccccc2C[C@H]1NC(=O)c1cc2cc(C)ccc2[nH]1. The number of fused-ring (bicyclic) bond motifs is 2. The normalized spacial score (nSPS) is 19.4. The van der Waals surface area contributed by atoms with Gasteiger partial charge in [-0.05, 0) is 49.7 Å². The minimum atomic E-state index is -0.0538. The lowest BCUT2D eigenvalue weighted by Gasteiger charge is -2.21. The Labute approximate surface area is 141 Å². The minimum Gasteiger partial charge on any atom is -0.351 e. The summed E-state index contributed by atoms with van der Waals surface area (Å²) in [6.07, 6.45) is 0.854. The van der Waals surface area contributed by atoms with Crippen molar-refractivity contribution in [2.75, 3.05) is 7.05 Å². The summed E-state index contributed by atoms with van der Waals surface area (Å²) in [7, 11) is 1.94. The van der Waals surface area contributed by atoms with Crippen LogP contribution in [0.15, 0.2) is 48.5 Å². The molecular weight excluding hydrogens is 298 g/mol. The zero-order chi connectivity index (χ0) is 16.7. The second kappa shape index (κ2) is 5.80. The predicted octanol–water partition coefficient (Wildman–Crippen LogP) is 3.09. The van der Waals surface area contributed by atoms with Gasteiger partial charge in [0, 0.05) is 10.9 Å². The van der Waals surface area contributed by atoms with E-state index in [1.54, 1.807) is 0 Å². The van der Waals surface area contributed by atoms with Gasteiger partial charge in [0.05, 0.1) is 12.1 Å². The molecule has 2 atom stereocenters. The van der Waals surface area contributed by atoms with Crippen LogP contribution in [0.1, 0.15) is 33.2 Å². The first-order chi connectivity index (χ1) is 11.7. The molecule has 3 N–H and O–H groups in total. The molecule has 0 bridgehead atoms. The number of hydrogen-bond donors (Lipinski definition) is 3. The van der Waals surface area contributed by atoms with Gasteiger partial charge in [-0.15, -0.1) is 0 Å². The molecule has 3 aromatic rings. The first kappa shape index (κ1) is 15.0. The van der Waals surface area contributed by atoms with Crippen molar-refractivity contribution in [3.8, 4) is 0 Å². The molecule has 0 saturated carbocycles. The van der Waals surface area contributed by atoms with Crippen LogP contribution < -0.4 is 10.6 Å². The number of carbonyl (C=O) groups excluding carboxylic acids is 1. The first-order valence-electron chi connectivity index (χ1n) is 8.31. The zero-order valence-electron chi connectivity index (χ0n) is 13.9. The second-order valence-electron chi connectivity index (χ2n) is 6.52. The van der Waals surface area contributed by atoms with E-state index in [1.165, 1.54) is 16.7 Å². The number of hydrogen-bond acceptors (Lipinski definition) is 2. The van der Waals surface area contributed by atoms with E-state index in [1.807, 2.05) is 31.3 Å². The lowest BCUT2D eigenvalue weighted by Crippen LogP contribution is -2.41. The average molecular weight is 319 g/mol. The Bertz CT molecular complexity index is 912. The summed E-state index contributed by atoms with van der Waals surface area (Å²) in [5.41, 5.74) is 5.37. The van der Waals surface area contributed by atoms with Crippen LogP contribution in [0.4, 0.5) is 0 Å². The Hall–Kier alpha value is -2.59. The summed E-state index contributed by atoms with van der Waals surface area (Å²) in [4.78, 5) is 15.9. The van der Waals surface area contributed by atoms with E-state index in [4.69, 9.17) is 0 Å². The average Bonchev–Trinajstić information content (AvgIpc) is 3.14. The summed E-state index contributed by atoms with van der Waals surface area (Å²) in [5, 5.41) is 7.59. The van der Waals surface area contributed by atoms with Crippen molar-refractivity contribution in [2.24, 2.45) is 0 Å². The maximum atomic E-state index is 12.7. The molecule has 0 saturated heterocycles. The summed E-state index contributed by atoms with van der Waals surface area (Å²) in [6.45, 7) is 2.06. The highest BCUT2D eigenvalue weighted by molar-refractivity contribution is 5.98. The molecule has 1 aliphatic rings.